The minimum atomic E-state index is -1.49. The lowest BCUT2D eigenvalue weighted by molar-refractivity contribution is -0.119. The number of amides is 1. The number of nitrogens with one attached hydrogen (secondary N) is 1. The van der Waals surface area contributed by atoms with Gasteiger partial charge in [0, 0.05) is 18.8 Å². The fourth-order valence-electron chi connectivity index (χ4n) is 1.68. The van der Waals surface area contributed by atoms with Gasteiger partial charge in [0.15, 0.2) is 11.0 Å². The molecule has 0 aliphatic carbocycles. The third-order valence-electron chi connectivity index (χ3n) is 2.81. The standard InChI is InChI=1S/C15H16N2O2S/c1-12-4-7-14(8-5-12)20(19)17-15(18)9-6-13-3-2-10-16-11-13/h2-5,7-8,10-11H,6,9H2,1H3,(H,17,18). The number of aryl methyl sites for hydroxylation is 2. The monoisotopic (exact) mass is 288 g/mol. The highest BCUT2D eigenvalue weighted by atomic mass is 32.2. The third kappa shape index (κ3) is 4.28. The molecule has 2 aromatic rings. The Kier molecular flexibility index (Phi) is 5.01. The first kappa shape index (κ1) is 14.4. The second-order valence-corrected chi connectivity index (χ2v) is 5.68. The Labute approximate surface area is 120 Å². The van der Waals surface area contributed by atoms with Crippen LogP contribution in [-0.2, 0) is 22.2 Å². The molecule has 1 atom stereocenters. The molecule has 1 N–H and O–H groups in total. The fourth-order valence-corrected chi connectivity index (χ4v) is 2.49. The van der Waals surface area contributed by atoms with Crippen LogP contribution in [0.3, 0.4) is 0 Å². The van der Waals surface area contributed by atoms with Crippen LogP contribution in [0, 0.1) is 6.92 Å². The summed E-state index contributed by atoms with van der Waals surface area (Å²) in [6.45, 7) is 1.96. The first-order valence-electron chi connectivity index (χ1n) is 6.32. The van der Waals surface area contributed by atoms with E-state index >= 15 is 0 Å². The van der Waals surface area contributed by atoms with Gasteiger partial charge in [-0.2, -0.15) is 0 Å². The minimum Gasteiger partial charge on any atom is -0.274 e. The normalized spacial score (nSPS) is 11.8. The summed E-state index contributed by atoms with van der Waals surface area (Å²) in [6, 6.07) is 11.0. The molecule has 0 spiro atoms. The summed E-state index contributed by atoms with van der Waals surface area (Å²) in [5, 5.41) is 0. The molecule has 20 heavy (non-hydrogen) atoms. The van der Waals surface area contributed by atoms with Gasteiger partial charge in [-0.1, -0.05) is 23.8 Å². The Balaban J connectivity index is 1.85. The molecule has 1 heterocycles. The zero-order chi connectivity index (χ0) is 14.4. The van der Waals surface area contributed by atoms with Gasteiger partial charge < -0.3 is 0 Å². The second kappa shape index (κ2) is 6.96. The van der Waals surface area contributed by atoms with Crippen molar-refractivity contribution in [2.75, 3.05) is 0 Å². The molecule has 1 unspecified atom stereocenters. The summed E-state index contributed by atoms with van der Waals surface area (Å²) in [6.07, 6.45) is 4.30. The van der Waals surface area contributed by atoms with E-state index in [2.05, 4.69) is 9.71 Å². The molecule has 4 nitrogen and oxygen atoms in total. The van der Waals surface area contributed by atoms with Crippen molar-refractivity contribution in [2.24, 2.45) is 0 Å². The molecule has 0 bridgehead atoms. The Morgan fingerprint density at radius 1 is 1.25 bits per heavy atom. The van der Waals surface area contributed by atoms with Gasteiger partial charge in [0.25, 0.3) is 0 Å². The van der Waals surface area contributed by atoms with Crippen LogP contribution < -0.4 is 4.72 Å². The highest BCUT2D eigenvalue weighted by Crippen LogP contribution is 2.07. The maximum atomic E-state index is 11.9. The minimum absolute atomic E-state index is 0.229. The average molecular weight is 288 g/mol. The predicted octanol–water partition coefficient (Wildman–Crippen LogP) is 2.16. The fraction of sp³-hybridized carbons (Fsp3) is 0.200. The largest absolute Gasteiger partial charge is 0.274 e. The number of nitrogens with zero attached hydrogens (tertiary/aromatic N) is 1. The summed E-state index contributed by atoms with van der Waals surface area (Å²) in [5.41, 5.74) is 2.08. The van der Waals surface area contributed by atoms with Crippen LogP contribution in [0.1, 0.15) is 17.5 Å². The maximum absolute atomic E-state index is 11.9. The van der Waals surface area contributed by atoms with Gasteiger partial charge >= 0.3 is 0 Å². The van der Waals surface area contributed by atoms with Crippen LogP contribution in [0.15, 0.2) is 53.7 Å². The Bertz CT molecular complexity index is 597. The number of benzene rings is 1. The van der Waals surface area contributed by atoms with Gasteiger partial charge in [-0.3, -0.25) is 14.5 Å². The Morgan fingerprint density at radius 3 is 2.65 bits per heavy atom. The Morgan fingerprint density at radius 2 is 2.00 bits per heavy atom. The van der Waals surface area contributed by atoms with E-state index in [9.17, 15) is 9.00 Å². The number of rotatable bonds is 5. The zero-order valence-corrected chi connectivity index (χ0v) is 12.0. The molecular weight excluding hydrogens is 272 g/mol. The highest BCUT2D eigenvalue weighted by Gasteiger charge is 2.08. The second-order valence-electron chi connectivity index (χ2n) is 4.47. The van der Waals surface area contributed by atoms with Crippen molar-refractivity contribution in [1.82, 2.24) is 9.71 Å². The molecule has 2 rings (SSSR count). The van der Waals surface area contributed by atoms with Crippen LogP contribution >= 0.6 is 0 Å². The summed E-state index contributed by atoms with van der Waals surface area (Å²) in [4.78, 5) is 16.3. The highest BCUT2D eigenvalue weighted by molar-refractivity contribution is 7.83. The molecule has 1 aromatic carbocycles. The molecule has 5 heteroatoms. The molecular formula is C15H16N2O2S. The van der Waals surface area contributed by atoms with Crippen molar-refractivity contribution < 1.29 is 9.00 Å². The molecule has 0 aliphatic rings. The molecule has 0 aliphatic heterocycles. The zero-order valence-electron chi connectivity index (χ0n) is 11.2. The lowest BCUT2D eigenvalue weighted by Gasteiger charge is -2.05. The summed E-state index contributed by atoms with van der Waals surface area (Å²) in [5.74, 6) is -0.229. The summed E-state index contributed by atoms with van der Waals surface area (Å²) < 4.78 is 14.4. The van der Waals surface area contributed by atoms with Gasteiger partial charge in [-0.15, -0.1) is 0 Å². The maximum Gasteiger partial charge on any atom is 0.232 e. The van der Waals surface area contributed by atoms with E-state index in [1.54, 1.807) is 24.5 Å². The molecule has 0 radical (unpaired) electrons. The van der Waals surface area contributed by atoms with Gasteiger partial charge in [-0.05, 0) is 37.1 Å². The number of aromatic nitrogens is 1. The number of hydrogen-bond donors (Lipinski definition) is 1. The Hall–Kier alpha value is -2.01. The molecule has 0 saturated carbocycles. The van der Waals surface area contributed by atoms with E-state index in [0.29, 0.717) is 17.7 Å². The molecule has 0 saturated heterocycles. The van der Waals surface area contributed by atoms with Crippen molar-refractivity contribution in [1.29, 1.82) is 0 Å². The van der Waals surface area contributed by atoms with Gasteiger partial charge in [0.05, 0.1) is 4.90 Å². The topological polar surface area (TPSA) is 59.1 Å². The van der Waals surface area contributed by atoms with Gasteiger partial charge in [-0.25, -0.2) is 4.21 Å². The van der Waals surface area contributed by atoms with Gasteiger partial charge in [0.2, 0.25) is 5.91 Å². The van der Waals surface area contributed by atoms with Crippen molar-refractivity contribution >= 4 is 16.9 Å². The smallest absolute Gasteiger partial charge is 0.232 e. The van der Waals surface area contributed by atoms with E-state index < -0.39 is 11.0 Å². The summed E-state index contributed by atoms with van der Waals surface area (Å²) in [7, 11) is -1.49. The van der Waals surface area contributed by atoms with Crippen LogP contribution in [0.4, 0.5) is 0 Å². The van der Waals surface area contributed by atoms with E-state index in [1.165, 1.54) is 0 Å². The predicted molar refractivity (Wildman–Crippen MR) is 78.3 cm³/mol. The van der Waals surface area contributed by atoms with E-state index in [1.807, 2.05) is 31.2 Å². The van der Waals surface area contributed by atoms with Crippen molar-refractivity contribution in [3.05, 3.63) is 59.9 Å². The number of hydrogen-bond acceptors (Lipinski definition) is 3. The molecule has 1 amide bonds. The number of carbonyl (C=O) groups excluding carboxylic acids is 1. The van der Waals surface area contributed by atoms with Gasteiger partial charge in [0.1, 0.15) is 0 Å². The van der Waals surface area contributed by atoms with Crippen molar-refractivity contribution in [3.63, 3.8) is 0 Å². The first-order chi connectivity index (χ1) is 9.65. The van der Waals surface area contributed by atoms with E-state index in [0.717, 1.165) is 11.1 Å². The summed E-state index contributed by atoms with van der Waals surface area (Å²) >= 11 is 0. The van der Waals surface area contributed by atoms with Crippen LogP contribution in [0.5, 0.6) is 0 Å². The lowest BCUT2D eigenvalue weighted by Crippen LogP contribution is -2.25. The number of pyridine rings is 1. The van der Waals surface area contributed by atoms with Crippen LogP contribution in [0.25, 0.3) is 0 Å². The molecule has 1 aromatic heterocycles. The van der Waals surface area contributed by atoms with Crippen LogP contribution in [0.2, 0.25) is 0 Å². The quantitative estimate of drug-likeness (QED) is 0.917. The average Bonchev–Trinajstić information content (AvgIpc) is 2.47. The SMILES string of the molecule is Cc1ccc(S(=O)NC(=O)CCc2cccnc2)cc1. The molecule has 104 valence electrons. The first-order valence-corrected chi connectivity index (χ1v) is 7.47. The third-order valence-corrected chi connectivity index (χ3v) is 3.92. The van der Waals surface area contributed by atoms with E-state index in [-0.39, 0.29) is 5.91 Å². The van der Waals surface area contributed by atoms with E-state index in [4.69, 9.17) is 0 Å². The number of carbonyl (C=O) groups is 1. The van der Waals surface area contributed by atoms with Crippen molar-refractivity contribution in [2.45, 2.75) is 24.7 Å². The molecule has 0 fully saturated rings. The lowest BCUT2D eigenvalue weighted by atomic mass is 10.1. The van der Waals surface area contributed by atoms with Crippen LogP contribution in [-0.4, -0.2) is 15.1 Å². The van der Waals surface area contributed by atoms with Crippen molar-refractivity contribution in [3.8, 4) is 0 Å².